The van der Waals surface area contributed by atoms with Gasteiger partial charge in [-0.05, 0) is 59.2 Å². The van der Waals surface area contributed by atoms with Crippen molar-refractivity contribution in [2.24, 2.45) is 0 Å². The minimum Gasteiger partial charge on any atom is -0.490 e. The van der Waals surface area contributed by atoms with Crippen molar-refractivity contribution in [1.29, 1.82) is 0 Å². The second-order valence-corrected chi connectivity index (χ2v) is 8.95. The smallest absolute Gasteiger partial charge is 0.343 e. The van der Waals surface area contributed by atoms with Crippen LogP contribution in [0.5, 0.6) is 17.2 Å². The van der Waals surface area contributed by atoms with Gasteiger partial charge in [-0.25, -0.2) is 18.8 Å². The number of rotatable bonds is 11. The minimum absolute atomic E-state index is 0.0872. The van der Waals surface area contributed by atoms with Gasteiger partial charge in [-0.15, -0.1) is 0 Å². The molecule has 1 unspecified atom stereocenters. The Labute approximate surface area is 230 Å². The molecule has 8 nitrogen and oxygen atoms in total. The molecule has 4 rings (SSSR count). The number of hydrogen-bond acceptors (Lipinski definition) is 8. The fourth-order valence-corrected chi connectivity index (χ4v) is 4.25. The highest BCUT2D eigenvalue weighted by Crippen LogP contribution is 2.47. The lowest BCUT2D eigenvalue weighted by molar-refractivity contribution is -0.138. The average molecular weight is 547 g/mol. The molecule has 3 aromatic rings. The van der Waals surface area contributed by atoms with Crippen molar-refractivity contribution < 1.29 is 42.8 Å². The largest absolute Gasteiger partial charge is 0.490 e. The van der Waals surface area contributed by atoms with E-state index >= 15 is 4.39 Å². The third kappa shape index (κ3) is 6.10. The Kier molecular flexibility index (Phi) is 8.76. The van der Waals surface area contributed by atoms with Crippen LogP contribution in [0.2, 0.25) is 0 Å². The Balaban J connectivity index is 1.42. The van der Waals surface area contributed by atoms with Gasteiger partial charge in [-0.1, -0.05) is 32.2 Å². The molecule has 0 fully saturated rings. The monoisotopic (exact) mass is 546 g/mol. The van der Waals surface area contributed by atoms with Crippen molar-refractivity contribution in [3.63, 3.8) is 0 Å². The molecule has 206 valence electrons. The first-order valence-corrected chi connectivity index (χ1v) is 12.4. The van der Waals surface area contributed by atoms with Gasteiger partial charge < -0.3 is 24.1 Å². The standard InChI is InChI=1S/C31H27FO8/c1-4-27(34)38-15-5-14-37-26-13-12-24-23-11-6-20(16-25(23)19(3)28(24)29(26)32)31(36)40-22-9-7-21(8-10-22)39-30(35)18(2)17-33/h4,6-13,16,19,33H,1-2,5,14-15,17H2,3H3. The van der Waals surface area contributed by atoms with Gasteiger partial charge in [0.2, 0.25) is 0 Å². The van der Waals surface area contributed by atoms with Crippen molar-refractivity contribution in [2.45, 2.75) is 19.3 Å². The van der Waals surface area contributed by atoms with Crippen LogP contribution in [0.25, 0.3) is 11.1 Å². The maximum atomic E-state index is 15.4. The number of ether oxygens (including phenoxy) is 4. The summed E-state index contributed by atoms with van der Waals surface area (Å²) in [7, 11) is 0. The predicted molar refractivity (Wildman–Crippen MR) is 144 cm³/mol. The second-order valence-electron chi connectivity index (χ2n) is 8.95. The molecule has 0 saturated carbocycles. The maximum Gasteiger partial charge on any atom is 0.343 e. The summed E-state index contributed by atoms with van der Waals surface area (Å²) in [5, 5.41) is 8.96. The summed E-state index contributed by atoms with van der Waals surface area (Å²) in [6, 6.07) is 14.2. The van der Waals surface area contributed by atoms with E-state index in [4.69, 9.17) is 24.1 Å². The van der Waals surface area contributed by atoms with Gasteiger partial charge in [0, 0.05) is 24.0 Å². The Bertz CT molecular complexity index is 1480. The highest BCUT2D eigenvalue weighted by atomic mass is 19.1. The highest BCUT2D eigenvalue weighted by molar-refractivity contribution is 5.93. The van der Waals surface area contributed by atoms with E-state index in [1.54, 1.807) is 30.3 Å². The average Bonchev–Trinajstić information content (AvgIpc) is 3.25. The zero-order valence-electron chi connectivity index (χ0n) is 21.8. The van der Waals surface area contributed by atoms with Crippen molar-refractivity contribution in [2.75, 3.05) is 19.8 Å². The molecule has 0 saturated heterocycles. The van der Waals surface area contributed by atoms with Crippen LogP contribution in [0.1, 0.15) is 40.7 Å². The minimum atomic E-state index is -0.762. The Hall–Kier alpha value is -4.76. The number of carbonyl (C=O) groups is 3. The number of esters is 3. The topological polar surface area (TPSA) is 108 Å². The Morgan fingerprint density at radius 1 is 0.975 bits per heavy atom. The van der Waals surface area contributed by atoms with Crippen LogP contribution in [0.15, 0.2) is 79.4 Å². The van der Waals surface area contributed by atoms with Gasteiger partial charge in [-0.3, -0.25) is 0 Å². The van der Waals surface area contributed by atoms with Gasteiger partial charge in [-0.2, -0.15) is 0 Å². The van der Waals surface area contributed by atoms with E-state index in [0.717, 1.165) is 22.8 Å². The zero-order chi connectivity index (χ0) is 28.8. The molecule has 1 aliphatic rings. The van der Waals surface area contributed by atoms with Gasteiger partial charge >= 0.3 is 17.9 Å². The van der Waals surface area contributed by atoms with E-state index in [0.29, 0.717) is 17.5 Å². The molecule has 3 aromatic carbocycles. The fourth-order valence-electron chi connectivity index (χ4n) is 4.25. The van der Waals surface area contributed by atoms with Crippen LogP contribution in [-0.2, 0) is 14.3 Å². The van der Waals surface area contributed by atoms with Crippen LogP contribution < -0.4 is 14.2 Å². The lowest BCUT2D eigenvalue weighted by atomic mass is 9.97. The summed E-state index contributed by atoms with van der Waals surface area (Å²) in [6.45, 7) is 8.36. The van der Waals surface area contributed by atoms with E-state index in [-0.39, 0.29) is 42.0 Å². The number of carbonyl (C=O) groups excluding carboxylic acids is 3. The summed E-state index contributed by atoms with van der Waals surface area (Å²) in [5.74, 6) is -2.17. The summed E-state index contributed by atoms with van der Waals surface area (Å²) in [5.41, 5.74) is 3.00. The van der Waals surface area contributed by atoms with Gasteiger partial charge in [0.25, 0.3) is 0 Å². The van der Waals surface area contributed by atoms with E-state index in [1.807, 2.05) is 6.92 Å². The molecule has 0 radical (unpaired) electrons. The van der Waals surface area contributed by atoms with Crippen molar-refractivity contribution in [3.8, 4) is 28.4 Å². The fraction of sp³-hybridized carbons (Fsp3) is 0.194. The third-order valence-electron chi connectivity index (χ3n) is 6.30. The quantitative estimate of drug-likeness (QED) is 0.153. The lowest BCUT2D eigenvalue weighted by Gasteiger charge is -2.13. The first-order valence-electron chi connectivity index (χ1n) is 12.4. The molecule has 0 bridgehead atoms. The first kappa shape index (κ1) is 28.3. The maximum absolute atomic E-state index is 15.4. The molecule has 40 heavy (non-hydrogen) atoms. The summed E-state index contributed by atoms with van der Waals surface area (Å²) in [4.78, 5) is 35.7. The molecule has 0 spiro atoms. The zero-order valence-corrected chi connectivity index (χ0v) is 21.8. The molecule has 0 amide bonds. The number of fused-ring (bicyclic) bond motifs is 3. The molecule has 9 heteroatoms. The number of halogens is 1. The third-order valence-corrected chi connectivity index (χ3v) is 6.30. The summed E-state index contributed by atoms with van der Waals surface area (Å²) >= 11 is 0. The normalized spacial score (nSPS) is 13.0. The van der Waals surface area contributed by atoms with E-state index < -0.39 is 30.3 Å². The molecule has 1 N–H and O–H groups in total. The van der Waals surface area contributed by atoms with Crippen LogP contribution in [0.3, 0.4) is 0 Å². The van der Waals surface area contributed by atoms with Crippen LogP contribution in [0, 0.1) is 5.82 Å². The number of hydrogen-bond donors (Lipinski definition) is 1. The van der Waals surface area contributed by atoms with E-state index in [2.05, 4.69) is 13.2 Å². The van der Waals surface area contributed by atoms with Gasteiger partial charge in [0.1, 0.15) is 11.5 Å². The number of benzene rings is 3. The molecule has 0 heterocycles. The molecule has 0 aromatic heterocycles. The predicted octanol–water partition coefficient (Wildman–Crippen LogP) is 5.13. The second kappa shape index (κ2) is 12.4. The van der Waals surface area contributed by atoms with E-state index in [9.17, 15) is 14.4 Å². The molecular weight excluding hydrogens is 519 g/mol. The van der Waals surface area contributed by atoms with E-state index in [1.165, 1.54) is 24.3 Å². The van der Waals surface area contributed by atoms with Crippen molar-refractivity contribution in [3.05, 3.63) is 102 Å². The van der Waals surface area contributed by atoms with Crippen LogP contribution in [-0.4, -0.2) is 42.8 Å². The summed E-state index contributed by atoms with van der Waals surface area (Å²) in [6.07, 6.45) is 1.47. The Morgan fingerprint density at radius 3 is 2.33 bits per heavy atom. The highest BCUT2D eigenvalue weighted by Gasteiger charge is 2.31. The van der Waals surface area contributed by atoms with Crippen molar-refractivity contribution >= 4 is 17.9 Å². The molecule has 0 aliphatic heterocycles. The van der Waals surface area contributed by atoms with Crippen LogP contribution in [0.4, 0.5) is 4.39 Å². The van der Waals surface area contributed by atoms with Crippen LogP contribution >= 0.6 is 0 Å². The molecule has 1 aliphatic carbocycles. The first-order chi connectivity index (χ1) is 19.2. The van der Waals surface area contributed by atoms with Gasteiger partial charge in [0.05, 0.1) is 31.0 Å². The van der Waals surface area contributed by atoms with Crippen molar-refractivity contribution in [1.82, 2.24) is 0 Å². The lowest BCUT2D eigenvalue weighted by Crippen LogP contribution is -2.13. The summed E-state index contributed by atoms with van der Waals surface area (Å²) < 4.78 is 36.5. The number of aliphatic hydroxyl groups is 1. The number of aliphatic hydroxyl groups excluding tert-OH is 1. The SMILES string of the molecule is C=CC(=O)OCCCOc1ccc2c(c1F)C(C)c1cc(C(=O)Oc3ccc(OC(=O)C(=C)CO)cc3)ccc1-2. The molecular formula is C31H27FO8. The Morgan fingerprint density at radius 2 is 1.65 bits per heavy atom. The molecule has 1 atom stereocenters. The van der Waals surface area contributed by atoms with Gasteiger partial charge in [0.15, 0.2) is 11.6 Å².